The van der Waals surface area contributed by atoms with Crippen molar-refractivity contribution in [1.82, 2.24) is 0 Å². The molecule has 0 spiro atoms. The lowest BCUT2D eigenvalue weighted by Gasteiger charge is -2.24. The Bertz CT molecular complexity index is 1320. The molecule has 1 heterocycles. The number of esters is 1. The fraction of sp³-hybridized carbons (Fsp3) is 0.231. The first-order chi connectivity index (χ1) is 16.2. The van der Waals surface area contributed by atoms with E-state index in [0.29, 0.717) is 17.8 Å². The number of fused-ring (bicyclic) bond motifs is 1. The van der Waals surface area contributed by atoms with Crippen molar-refractivity contribution in [3.63, 3.8) is 0 Å². The highest BCUT2D eigenvalue weighted by atomic mass is 32.2. The molecule has 0 saturated heterocycles. The molecule has 1 aliphatic heterocycles. The third kappa shape index (κ3) is 4.41. The lowest BCUT2D eigenvalue weighted by atomic mass is 10.1. The maximum Gasteiger partial charge on any atom is 0.338 e. The zero-order valence-electron chi connectivity index (χ0n) is 19.2. The van der Waals surface area contributed by atoms with E-state index in [0.717, 1.165) is 5.56 Å². The van der Waals surface area contributed by atoms with Gasteiger partial charge in [0, 0.05) is 18.8 Å². The van der Waals surface area contributed by atoms with Crippen molar-refractivity contribution in [3.05, 3.63) is 90.0 Å². The van der Waals surface area contributed by atoms with Crippen LogP contribution in [0.1, 0.15) is 29.8 Å². The van der Waals surface area contributed by atoms with E-state index in [1.807, 2.05) is 25.1 Å². The molecule has 1 amide bonds. The topological polar surface area (TPSA) is 84.0 Å². The number of carbonyl (C=O) groups excluding carboxylic acids is 2. The van der Waals surface area contributed by atoms with Crippen molar-refractivity contribution < 1.29 is 22.7 Å². The number of ether oxygens (including phenoxy) is 1. The quantitative estimate of drug-likeness (QED) is 0.500. The number of hydrogen-bond donors (Lipinski definition) is 0. The summed E-state index contributed by atoms with van der Waals surface area (Å²) in [4.78, 5) is 26.9. The molecule has 3 aromatic rings. The summed E-state index contributed by atoms with van der Waals surface area (Å²) < 4.78 is 33.7. The average Bonchev–Trinajstić information content (AvgIpc) is 3.20. The minimum absolute atomic E-state index is 0.00844. The zero-order valence-corrected chi connectivity index (χ0v) is 20.0. The third-order valence-electron chi connectivity index (χ3n) is 5.88. The van der Waals surface area contributed by atoms with Gasteiger partial charge in [0.2, 0.25) is 0 Å². The summed E-state index contributed by atoms with van der Waals surface area (Å²) >= 11 is 0. The second kappa shape index (κ2) is 9.30. The molecule has 0 saturated carbocycles. The number of hydrogen-bond acceptors (Lipinski definition) is 5. The summed E-state index contributed by atoms with van der Waals surface area (Å²) in [5.74, 6) is -1.17. The number of anilines is 2. The number of sulfonamides is 1. The van der Waals surface area contributed by atoms with Crippen LogP contribution in [-0.2, 0) is 26.0 Å². The Morgan fingerprint density at radius 2 is 1.68 bits per heavy atom. The first-order valence-electron chi connectivity index (χ1n) is 11.0. The normalized spacial score (nSPS) is 16.0. The van der Waals surface area contributed by atoms with Gasteiger partial charge in [-0.1, -0.05) is 42.5 Å². The van der Waals surface area contributed by atoms with Crippen LogP contribution in [-0.4, -0.2) is 39.5 Å². The van der Waals surface area contributed by atoms with Crippen LogP contribution in [0.2, 0.25) is 0 Å². The number of para-hydroxylation sites is 2. The molecule has 0 aromatic heterocycles. The fourth-order valence-electron chi connectivity index (χ4n) is 4.13. The van der Waals surface area contributed by atoms with E-state index in [1.165, 1.54) is 40.4 Å². The van der Waals surface area contributed by atoms with Crippen LogP contribution < -0.4 is 9.21 Å². The molecule has 3 aromatic carbocycles. The van der Waals surface area contributed by atoms with Crippen LogP contribution in [0.4, 0.5) is 11.4 Å². The maximum atomic E-state index is 13.5. The largest absolute Gasteiger partial charge is 0.449 e. The number of nitrogens with zero attached hydrogens (tertiary/aromatic N) is 2. The highest BCUT2D eigenvalue weighted by molar-refractivity contribution is 7.92. The average molecular weight is 479 g/mol. The number of rotatable bonds is 6. The monoisotopic (exact) mass is 478 g/mol. The van der Waals surface area contributed by atoms with Gasteiger partial charge in [0.25, 0.3) is 15.9 Å². The second-order valence-electron chi connectivity index (χ2n) is 8.29. The Kier molecular flexibility index (Phi) is 6.43. The van der Waals surface area contributed by atoms with Crippen LogP contribution >= 0.6 is 0 Å². The van der Waals surface area contributed by atoms with Crippen LogP contribution in [0, 0.1) is 0 Å². The molecular formula is C26H26N2O5S. The van der Waals surface area contributed by atoms with Crippen molar-refractivity contribution in [2.75, 3.05) is 16.3 Å². The van der Waals surface area contributed by atoms with Gasteiger partial charge in [-0.2, -0.15) is 0 Å². The van der Waals surface area contributed by atoms with E-state index in [9.17, 15) is 18.0 Å². The van der Waals surface area contributed by atoms with E-state index in [1.54, 1.807) is 43.4 Å². The van der Waals surface area contributed by atoms with Gasteiger partial charge in [-0.05, 0) is 62.2 Å². The lowest BCUT2D eigenvalue weighted by Crippen LogP contribution is -2.37. The van der Waals surface area contributed by atoms with Crippen molar-refractivity contribution in [2.45, 2.75) is 37.3 Å². The van der Waals surface area contributed by atoms with Crippen LogP contribution in [0.15, 0.2) is 83.8 Å². The second-order valence-corrected chi connectivity index (χ2v) is 10.1. The first-order valence-corrected chi connectivity index (χ1v) is 12.4. The molecular weight excluding hydrogens is 452 g/mol. The van der Waals surface area contributed by atoms with Gasteiger partial charge in [-0.15, -0.1) is 0 Å². The highest BCUT2D eigenvalue weighted by Crippen LogP contribution is 2.36. The summed E-state index contributed by atoms with van der Waals surface area (Å²) in [5.41, 5.74) is 2.34. The van der Waals surface area contributed by atoms with E-state index >= 15 is 0 Å². The standard InChI is InChI=1S/C26H26N2O5S/c1-18-16-20-10-7-8-15-24(20)28(18)34(31,32)23-14-9-11-21(17-23)26(30)33-19(2)25(29)27(3)22-12-5-4-6-13-22/h4-15,17-19H,16H2,1-3H3. The Balaban J connectivity index is 1.53. The summed E-state index contributed by atoms with van der Waals surface area (Å²) in [6.07, 6.45) is -0.436. The van der Waals surface area contributed by atoms with Crippen molar-refractivity contribution in [2.24, 2.45) is 0 Å². The molecule has 8 heteroatoms. The van der Waals surface area contributed by atoms with Gasteiger partial charge in [0.1, 0.15) is 0 Å². The summed E-state index contributed by atoms with van der Waals surface area (Å²) in [6.45, 7) is 3.34. The predicted octanol–water partition coefficient (Wildman–Crippen LogP) is 4.03. The summed E-state index contributed by atoms with van der Waals surface area (Å²) in [7, 11) is -2.30. The highest BCUT2D eigenvalue weighted by Gasteiger charge is 2.36. The van der Waals surface area contributed by atoms with Crippen LogP contribution in [0.25, 0.3) is 0 Å². The van der Waals surface area contributed by atoms with Crippen LogP contribution in [0.5, 0.6) is 0 Å². The van der Waals surface area contributed by atoms with Gasteiger partial charge in [0.05, 0.1) is 16.1 Å². The zero-order chi connectivity index (χ0) is 24.5. The third-order valence-corrected chi connectivity index (χ3v) is 7.80. The smallest absolute Gasteiger partial charge is 0.338 e. The molecule has 7 nitrogen and oxygen atoms in total. The SMILES string of the molecule is CC(OC(=O)c1cccc(S(=O)(=O)N2c3ccccc3CC2C)c1)C(=O)N(C)c1ccccc1. The Morgan fingerprint density at radius 3 is 2.41 bits per heavy atom. The van der Waals surface area contributed by atoms with Gasteiger partial charge in [-0.25, -0.2) is 13.2 Å². The number of likely N-dealkylation sites (N-methyl/N-ethyl adjacent to an activating group) is 1. The van der Waals surface area contributed by atoms with Crippen molar-refractivity contribution in [3.8, 4) is 0 Å². The molecule has 2 atom stereocenters. The molecule has 0 fully saturated rings. The molecule has 0 N–H and O–H groups in total. The number of amides is 1. The Hall–Kier alpha value is -3.65. The molecule has 34 heavy (non-hydrogen) atoms. The van der Waals surface area contributed by atoms with Gasteiger partial charge < -0.3 is 9.64 Å². The Morgan fingerprint density at radius 1 is 1.00 bits per heavy atom. The maximum absolute atomic E-state index is 13.5. The van der Waals surface area contributed by atoms with Gasteiger partial charge >= 0.3 is 5.97 Å². The molecule has 0 aliphatic carbocycles. The molecule has 0 bridgehead atoms. The van der Waals surface area contributed by atoms with E-state index in [-0.39, 0.29) is 16.5 Å². The fourth-order valence-corrected chi connectivity index (χ4v) is 5.87. The number of benzene rings is 3. The van der Waals surface area contributed by atoms with E-state index in [4.69, 9.17) is 4.74 Å². The van der Waals surface area contributed by atoms with Gasteiger partial charge in [-0.3, -0.25) is 9.10 Å². The van der Waals surface area contributed by atoms with E-state index in [2.05, 4.69) is 0 Å². The lowest BCUT2D eigenvalue weighted by molar-refractivity contribution is -0.126. The molecule has 4 rings (SSSR count). The Labute approximate surface area is 199 Å². The molecule has 0 radical (unpaired) electrons. The predicted molar refractivity (Wildman–Crippen MR) is 130 cm³/mol. The minimum Gasteiger partial charge on any atom is -0.449 e. The molecule has 1 aliphatic rings. The summed E-state index contributed by atoms with van der Waals surface area (Å²) in [6, 6.07) is 21.9. The summed E-state index contributed by atoms with van der Waals surface area (Å²) in [5, 5.41) is 0. The van der Waals surface area contributed by atoms with Gasteiger partial charge in [0.15, 0.2) is 6.10 Å². The van der Waals surface area contributed by atoms with Crippen molar-refractivity contribution in [1.29, 1.82) is 0 Å². The first kappa shape index (κ1) is 23.5. The van der Waals surface area contributed by atoms with E-state index < -0.39 is 28.0 Å². The molecule has 2 unspecified atom stereocenters. The minimum atomic E-state index is -3.90. The number of carbonyl (C=O) groups is 2. The van der Waals surface area contributed by atoms with Crippen molar-refractivity contribution >= 4 is 33.3 Å². The molecule has 176 valence electrons. The van der Waals surface area contributed by atoms with Crippen LogP contribution in [0.3, 0.4) is 0 Å².